The van der Waals surface area contributed by atoms with Crippen molar-refractivity contribution in [2.24, 2.45) is 4.99 Å². The molecule has 0 bridgehead atoms. The summed E-state index contributed by atoms with van der Waals surface area (Å²) in [6.07, 6.45) is 4.16. The van der Waals surface area contributed by atoms with Crippen molar-refractivity contribution in [3.05, 3.63) is 83.3 Å². The summed E-state index contributed by atoms with van der Waals surface area (Å²) in [5.74, 6) is 1.58. The van der Waals surface area contributed by atoms with Gasteiger partial charge in [0.15, 0.2) is 0 Å². The van der Waals surface area contributed by atoms with Crippen LogP contribution in [0.2, 0.25) is 0 Å². The Kier molecular flexibility index (Phi) is 8.51. The molecule has 5 nitrogen and oxygen atoms in total. The fraction of sp³-hybridized carbons (Fsp3) is 0.217. The first-order valence-electron chi connectivity index (χ1n) is 9.37. The van der Waals surface area contributed by atoms with Crippen LogP contribution >= 0.6 is 24.8 Å². The Balaban J connectivity index is 0.00000160. The molecule has 1 aromatic heterocycles. The molecule has 1 aliphatic heterocycles. The fourth-order valence-corrected chi connectivity index (χ4v) is 3.22. The summed E-state index contributed by atoms with van der Waals surface area (Å²) in [4.78, 5) is 7.02. The number of aryl methyl sites for hydroxylation is 1. The highest BCUT2D eigenvalue weighted by molar-refractivity contribution is 6.14. The minimum atomic E-state index is 0. The van der Waals surface area contributed by atoms with E-state index in [2.05, 4.69) is 59.6 Å². The first-order valence-corrected chi connectivity index (χ1v) is 9.37. The average molecular weight is 446 g/mol. The summed E-state index contributed by atoms with van der Waals surface area (Å²) < 4.78 is 10.9. The van der Waals surface area contributed by atoms with Crippen molar-refractivity contribution >= 4 is 42.3 Å². The second kappa shape index (κ2) is 10.9. The van der Waals surface area contributed by atoms with E-state index in [-0.39, 0.29) is 24.8 Å². The third-order valence-electron chi connectivity index (χ3n) is 4.66. The van der Waals surface area contributed by atoms with Gasteiger partial charge in [-0.3, -0.25) is 4.99 Å². The molecule has 7 heteroatoms. The number of nitrogens with zero attached hydrogens (tertiary/aromatic N) is 3. The van der Waals surface area contributed by atoms with Gasteiger partial charge in [0.25, 0.3) is 0 Å². The molecule has 2 aromatic carbocycles. The molecule has 0 fully saturated rings. The van der Waals surface area contributed by atoms with E-state index < -0.39 is 0 Å². The van der Waals surface area contributed by atoms with Crippen molar-refractivity contribution in [3.63, 3.8) is 0 Å². The summed E-state index contributed by atoms with van der Waals surface area (Å²) >= 11 is 0. The van der Waals surface area contributed by atoms with Gasteiger partial charge in [-0.15, -0.1) is 24.8 Å². The van der Waals surface area contributed by atoms with Gasteiger partial charge in [0.05, 0.1) is 12.3 Å². The minimum absolute atomic E-state index is 0. The molecule has 0 N–H and O–H groups in total. The summed E-state index contributed by atoms with van der Waals surface area (Å²) in [5, 5.41) is 3.95. The number of likely N-dealkylation sites (N-methyl/N-ethyl adjacent to an activating group) is 1. The van der Waals surface area contributed by atoms with Crippen LogP contribution in [0.15, 0.2) is 70.2 Å². The van der Waals surface area contributed by atoms with Gasteiger partial charge < -0.3 is 14.2 Å². The number of rotatable bonds is 5. The molecule has 158 valence electrons. The zero-order valence-corrected chi connectivity index (χ0v) is 18.6. The molecule has 3 aromatic rings. The van der Waals surface area contributed by atoms with Gasteiger partial charge in [-0.2, -0.15) is 0 Å². The molecule has 0 saturated heterocycles. The number of allylic oxidation sites excluding steroid dienone is 1. The third kappa shape index (κ3) is 5.65. The van der Waals surface area contributed by atoms with Crippen LogP contribution in [0.5, 0.6) is 5.75 Å². The summed E-state index contributed by atoms with van der Waals surface area (Å²) in [6.45, 7) is 3.95. The van der Waals surface area contributed by atoms with Crippen LogP contribution in [0.25, 0.3) is 6.08 Å². The lowest BCUT2D eigenvalue weighted by Crippen LogP contribution is -2.20. The van der Waals surface area contributed by atoms with E-state index in [1.54, 1.807) is 0 Å². The molecule has 4 rings (SSSR count). The van der Waals surface area contributed by atoms with Gasteiger partial charge in [0.2, 0.25) is 0 Å². The van der Waals surface area contributed by atoms with Crippen molar-refractivity contribution in [3.8, 4) is 5.75 Å². The minimum Gasteiger partial charge on any atom is -0.487 e. The Labute approximate surface area is 189 Å². The molecule has 2 heterocycles. The molecule has 0 aliphatic carbocycles. The number of ether oxygens (including phenoxy) is 1. The Morgan fingerprint density at radius 1 is 1.07 bits per heavy atom. The number of aliphatic imine (C=N–C) groups is 1. The zero-order valence-electron chi connectivity index (χ0n) is 16.9. The van der Waals surface area contributed by atoms with E-state index >= 15 is 0 Å². The predicted octanol–water partition coefficient (Wildman–Crippen LogP) is 5.36. The third-order valence-corrected chi connectivity index (χ3v) is 4.66. The van der Waals surface area contributed by atoms with Crippen molar-refractivity contribution in [2.75, 3.05) is 25.0 Å². The topological polar surface area (TPSA) is 50.9 Å². The van der Waals surface area contributed by atoms with Crippen molar-refractivity contribution in [1.82, 2.24) is 5.16 Å². The van der Waals surface area contributed by atoms with Crippen LogP contribution < -0.4 is 9.64 Å². The van der Waals surface area contributed by atoms with Gasteiger partial charge in [0, 0.05) is 30.9 Å². The molecule has 0 unspecified atom stereocenters. The maximum atomic E-state index is 5.83. The molecule has 0 amide bonds. The van der Waals surface area contributed by atoms with Gasteiger partial charge in [-0.25, -0.2) is 0 Å². The van der Waals surface area contributed by atoms with Crippen LogP contribution in [0, 0.1) is 6.92 Å². The fourth-order valence-electron chi connectivity index (χ4n) is 3.22. The molecule has 1 aliphatic rings. The van der Waals surface area contributed by atoms with Crippen LogP contribution in [0.1, 0.15) is 22.6 Å². The Morgan fingerprint density at radius 3 is 2.70 bits per heavy atom. The van der Waals surface area contributed by atoms with E-state index in [1.807, 2.05) is 31.2 Å². The second-order valence-corrected chi connectivity index (χ2v) is 6.83. The first-order chi connectivity index (χ1) is 13.7. The standard InChI is InChI=1S/C23H23N3O2.2ClH/c1-17-14-19(25-28-17)16-27-20-7-5-6-18(15-20)10-11-22-21-8-3-4-9-23(21)26(2)13-12-24-22;;/h3-11,14-15H,12-13,16H2,1-2H3;2*1H. The first kappa shape index (κ1) is 23.5. The molecular formula is C23H25Cl2N3O2. The lowest BCUT2D eigenvalue weighted by Gasteiger charge is -2.18. The zero-order chi connectivity index (χ0) is 19.3. The SMILES string of the molecule is Cc1cc(COc2cccc(C=CC3=NCCN(C)c4ccccc43)c2)no1.Cl.Cl. The maximum absolute atomic E-state index is 5.83. The number of benzene rings is 2. The summed E-state index contributed by atoms with van der Waals surface area (Å²) in [6, 6.07) is 18.3. The predicted molar refractivity (Wildman–Crippen MR) is 127 cm³/mol. The van der Waals surface area contributed by atoms with E-state index in [1.165, 1.54) is 5.69 Å². The van der Waals surface area contributed by atoms with Crippen molar-refractivity contribution < 1.29 is 9.26 Å². The quantitative estimate of drug-likeness (QED) is 0.530. The number of fused-ring (bicyclic) bond motifs is 1. The van der Waals surface area contributed by atoms with Crippen LogP contribution in [-0.4, -0.2) is 31.0 Å². The number of para-hydroxylation sites is 1. The van der Waals surface area contributed by atoms with E-state index in [0.717, 1.165) is 47.1 Å². The Morgan fingerprint density at radius 2 is 1.90 bits per heavy atom. The Bertz CT molecular complexity index is 1030. The summed E-state index contributed by atoms with van der Waals surface area (Å²) in [7, 11) is 2.11. The second-order valence-electron chi connectivity index (χ2n) is 6.83. The molecule has 0 atom stereocenters. The largest absolute Gasteiger partial charge is 0.487 e. The maximum Gasteiger partial charge on any atom is 0.134 e. The smallest absolute Gasteiger partial charge is 0.134 e. The van der Waals surface area contributed by atoms with Crippen LogP contribution in [-0.2, 0) is 6.61 Å². The highest BCUT2D eigenvalue weighted by atomic mass is 35.5. The monoisotopic (exact) mass is 445 g/mol. The Hall–Kier alpha value is -2.76. The van der Waals surface area contributed by atoms with E-state index in [0.29, 0.717) is 6.61 Å². The molecule has 0 saturated carbocycles. The highest BCUT2D eigenvalue weighted by Crippen LogP contribution is 2.23. The highest BCUT2D eigenvalue weighted by Gasteiger charge is 2.13. The van der Waals surface area contributed by atoms with Gasteiger partial charge in [0.1, 0.15) is 23.8 Å². The van der Waals surface area contributed by atoms with Crippen molar-refractivity contribution in [1.29, 1.82) is 0 Å². The number of hydrogen-bond acceptors (Lipinski definition) is 5. The van der Waals surface area contributed by atoms with Crippen LogP contribution in [0.3, 0.4) is 0 Å². The lowest BCUT2D eigenvalue weighted by molar-refractivity contribution is 0.288. The molecule has 30 heavy (non-hydrogen) atoms. The van der Waals surface area contributed by atoms with Gasteiger partial charge in [-0.05, 0) is 36.8 Å². The number of anilines is 1. The number of aromatic nitrogens is 1. The number of halogens is 2. The van der Waals surface area contributed by atoms with Gasteiger partial charge >= 0.3 is 0 Å². The van der Waals surface area contributed by atoms with E-state index in [4.69, 9.17) is 14.3 Å². The summed E-state index contributed by atoms with van der Waals surface area (Å²) in [5.41, 5.74) is 5.22. The van der Waals surface area contributed by atoms with Crippen molar-refractivity contribution in [2.45, 2.75) is 13.5 Å². The normalized spacial score (nSPS) is 13.0. The molecule has 0 radical (unpaired) electrons. The number of benzodiazepines with no additional fused rings is 1. The number of hydrogen-bond donors (Lipinski definition) is 0. The molecular weight excluding hydrogens is 421 g/mol. The van der Waals surface area contributed by atoms with Gasteiger partial charge in [-0.1, -0.05) is 41.6 Å². The van der Waals surface area contributed by atoms with E-state index in [9.17, 15) is 0 Å². The van der Waals surface area contributed by atoms with Crippen LogP contribution in [0.4, 0.5) is 5.69 Å². The molecule has 0 spiro atoms. The lowest BCUT2D eigenvalue weighted by atomic mass is 10.1. The average Bonchev–Trinajstić information content (AvgIpc) is 3.07.